The highest BCUT2D eigenvalue weighted by atomic mass is 32.1. The minimum atomic E-state index is 0.0817. The van der Waals surface area contributed by atoms with Crippen LogP contribution in [0.3, 0.4) is 0 Å². The van der Waals surface area contributed by atoms with Crippen LogP contribution in [0.5, 0.6) is 11.5 Å². The topological polar surface area (TPSA) is 50.7 Å². The van der Waals surface area contributed by atoms with Crippen LogP contribution >= 0.6 is 11.5 Å². The van der Waals surface area contributed by atoms with Gasteiger partial charge in [0.2, 0.25) is 0 Å². The molecular weight excluding hydrogens is 348 g/mol. The molecule has 0 amide bonds. The SMILES string of the molecule is c1ccc2c(c1)OC[C@H](CN1CCN(c3nsc4cccnc34)CC1)O2. The van der Waals surface area contributed by atoms with Crippen molar-refractivity contribution in [2.24, 2.45) is 0 Å². The number of benzene rings is 1. The van der Waals surface area contributed by atoms with Crippen LogP contribution in [0.2, 0.25) is 0 Å². The highest BCUT2D eigenvalue weighted by Crippen LogP contribution is 2.31. The summed E-state index contributed by atoms with van der Waals surface area (Å²) in [5.74, 6) is 2.72. The van der Waals surface area contributed by atoms with Gasteiger partial charge >= 0.3 is 0 Å². The lowest BCUT2D eigenvalue weighted by atomic mass is 10.2. The fourth-order valence-corrected chi connectivity index (χ4v) is 4.32. The molecule has 0 unspecified atom stereocenters. The number of hydrogen-bond acceptors (Lipinski definition) is 7. The summed E-state index contributed by atoms with van der Waals surface area (Å²) in [4.78, 5) is 9.29. The zero-order valence-electron chi connectivity index (χ0n) is 14.4. The number of rotatable bonds is 3. The molecule has 0 saturated carbocycles. The fraction of sp³-hybridized carbons (Fsp3) is 0.368. The molecule has 1 saturated heterocycles. The van der Waals surface area contributed by atoms with E-state index in [-0.39, 0.29) is 6.10 Å². The van der Waals surface area contributed by atoms with Crippen molar-refractivity contribution in [1.29, 1.82) is 0 Å². The summed E-state index contributed by atoms with van der Waals surface area (Å²) in [6.45, 7) is 5.40. The van der Waals surface area contributed by atoms with E-state index in [0.717, 1.165) is 60.3 Å². The highest BCUT2D eigenvalue weighted by Gasteiger charge is 2.26. The lowest BCUT2D eigenvalue weighted by molar-refractivity contribution is 0.0571. The zero-order chi connectivity index (χ0) is 17.3. The highest BCUT2D eigenvalue weighted by molar-refractivity contribution is 7.13. The summed E-state index contributed by atoms with van der Waals surface area (Å²) in [6.07, 6.45) is 1.92. The average Bonchev–Trinajstić information content (AvgIpc) is 3.13. The van der Waals surface area contributed by atoms with E-state index in [1.807, 2.05) is 36.5 Å². The van der Waals surface area contributed by atoms with Crippen molar-refractivity contribution >= 4 is 27.6 Å². The number of aromatic nitrogens is 2. The number of nitrogens with zero attached hydrogens (tertiary/aromatic N) is 4. The van der Waals surface area contributed by atoms with Crippen LogP contribution < -0.4 is 14.4 Å². The second-order valence-corrected chi connectivity index (χ2v) is 7.45. The molecule has 7 heteroatoms. The number of fused-ring (bicyclic) bond motifs is 2. The molecule has 0 radical (unpaired) electrons. The van der Waals surface area contributed by atoms with Gasteiger partial charge in [-0.2, -0.15) is 4.37 Å². The van der Waals surface area contributed by atoms with Crippen LogP contribution in [0.1, 0.15) is 0 Å². The Morgan fingerprint density at radius 1 is 1.04 bits per heavy atom. The Morgan fingerprint density at radius 2 is 1.88 bits per heavy atom. The maximum absolute atomic E-state index is 6.09. The van der Waals surface area contributed by atoms with E-state index in [9.17, 15) is 0 Å². The van der Waals surface area contributed by atoms with Gasteiger partial charge in [0.1, 0.15) is 18.2 Å². The quantitative estimate of drug-likeness (QED) is 0.708. The summed E-state index contributed by atoms with van der Waals surface area (Å²) in [5, 5.41) is 0. The third-order valence-electron chi connectivity index (χ3n) is 4.91. The van der Waals surface area contributed by atoms with Gasteiger partial charge in [0, 0.05) is 38.9 Å². The Bertz CT molecular complexity index is 907. The maximum atomic E-state index is 6.09. The van der Waals surface area contributed by atoms with E-state index in [4.69, 9.17) is 9.47 Å². The van der Waals surface area contributed by atoms with Gasteiger partial charge in [0.15, 0.2) is 17.3 Å². The number of piperazine rings is 1. The molecule has 6 nitrogen and oxygen atoms in total. The molecule has 2 aromatic heterocycles. The van der Waals surface area contributed by atoms with Crippen molar-refractivity contribution in [3.8, 4) is 11.5 Å². The second-order valence-electron chi connectivity index (χ2n) is 6.64. The predicted molar refractivity (Wildman–Crippen MR) is 102 cm³/mol. The normalized spacial score (nSPS) is 20.5. The monoisotopic (exact) mass is 368 g/mol. The number of pyridine rings is 1. The van der Waals surface area contributed by atoms with Gasteiger partial charge in [-0.3, -0.25) is 9.88 Å². The Labute approximate surface area is 156 Å². The fourth-order valence-electron chi connectivity index (χ4n) is 3.56. The van der Waals surface area contributed by atoms with Gasteiger partial charge in [0.25, 0.3) is 0 Å². The molecule has 0 spiro atoms. The molecule has 26 heavy (non-hydrogen) atoms. The zero-order valence-corrected chi connectivity index (χ0v) is 15.2. The molecule has 4 heterocycles. The van der Waals surface area contributed by atoms with Gasteiger partial charge in [-0.15, -0.1) is 0 Å². The summed E-state index contributed by atoms with van der Waals surface area (Å²) < 4.78 is 17.7. The van der Waals surface area contributed by atoms with E-state index in [1.54, 1.807) is 0 Å². The first-order valence-corrected chi connectivity index (χ1v) is 9.70. The molecule has 134 valence electrons. The number of anilines is 1. The summed E-state index contributed by atoms with van der Waals surface area (Å²) in [6, 6.07) is 11.9. The smallest absolute Gasteiger partial charge is 0.168 e. The van der Waals surface area contributed by atoms with Crippen LogP contribution in [0, 0.1) is 0 Å². The Balaban J connectivity index is 1.20. The lowest BCUT2D eigenvalue weighted by Gasteiger charge is -2.37. The van der Waals surface area contributed by atoms with Crippen LogP contribution in [-0.2, 0) is 0 Å². The van der Waals surface area contributed by atoms with Gasteiger partial charge in [-0.25, -0.2) is 0 Å². The molecule has 5 rings (SSSR count). The van der Waals surface area contributed by atoms with Crippen molar-refractivity contribution in [1.82, 2.24) is 14.3 Å². The van der Waals surface area contributed by atoms with Crippen molar-refractivity contribution in [3.63, 3.8) is 0 Å². The van der Waals surface area contributed by atoms with Crippen molar-refractivity contribution in [2.45, 2.75) is 6.10 Å². The molecule has 2 aliphatic heterocycles. The van der Waals surface area contributed by atoms with Crippen LogP contribution in [0.25, 0.3) is 10.2 Å². The van der Waals surface area contributed by atoms with E-state index >= 15 is 0 Å². The Morgan fingerprint density at radius 3 is 2.77 bits per heavy atom. The maximum Gasteiger partial charge on any atom is 0.168 e. The van der Waals surface area contributed by atoms with E-state index in [1.165, 1.54) is 11.5 Å². The van der Waals surface area contributed by atoms with Gasteiger partial charge in [-0.1, -0.05) is 12.1 Å². The van der Waals surface area contributed by atoms with Gasteiger partial charge in [0.05, 0.1) is 4.70 Å². The number of ether oxygens (including phenoxy) is 2. The Hall–Kier alpha value is -2.38. The summed E-state index contributed by atoms with van der Waals surface area (Å²) in [5.41, 5.74) is 1.02. The summed E-state index contributed by atoms with van der Waals surface area (Å²) in [7, 11) is 0. The van der Waals surface area contributed by atoms with Gasteiger partial charge < -0.3 is 14.4 Å². The molecule has 1 aromatic carbocycles. The minimum Gasteiger partial charge on any atom is -0.486 e. The molecule has 0 N–H and O–H groups in total. The predicted octanol–water partition coefficient (Wildman–Crippen LogP) is 2.65. The number of para-hydroxylation sites is 2. The van der Waals surface area contributed by atoms with E-state index in [2.05, 4.69) is 25.2 Å². The first-order valence-electron chi connectivity index (χ1n) is 8.93. The average molecular weight is 368 g/mol. The minimum absolute atomic E-state index is 0.0817. The molecule has 1 atom stereocenters. The first-order chi connectivity index (χ1) is 12.9. The summed E-state index contributed by atoms with van der Waals surface area (Å²) >= 11 is 1.53. The molecule has 2 aliphatic rings. The molecule has 1 fully saturated rings. The third kappa shape index (κ3) is 2.97. The van der Waals surface area contributed by atoms with Gasteiger partial charge in [-0.05, 0) is 35.8 Å². The molecule has 3 aromatic rings. The molecule has 0 bridgehead atoms. The van der Waals surface area contributed by atoms with Crippen molar-refractivity contribution < 1.29 is 9.47 Å². The van der Waals surface area contributed by atoms with Crippen LogP contribution in [0.4, 0.5) is 5.82 Å². The van der Waals surface area contributed by atoms with Crippen molar-refractivity contribution in [2.75, 3.05) is 44.2 Å². The van der Waals surface area contributed by atoms with E-state index in [0.29, 0.717) is 6.61 Å². The standard InChI is InChI=1S/C19H20N4O2S/c1-2-5-16-15(4-1)24-13-14(25-16)12-22-8-10-23(11-9-22)19-18-17(26-21-19)6-3-7-20-18/h1-7,14H,8-13H2/t14-/m0/s1. The number of hydrogen-bond donors (Lipinski definition) is 0. The Kier molecular flexibility index (Phi) is 4.10. The first kappa shape index (κ1) is 15.8. The van der Waals surface area contributed by atoms with Crippen LogP contribution in [-0.4, -0.2) is 59.7 Å². The third-order valence-corrected chi connectivity index (χ3v) is 5.70. The van der Waals surface area contributed by atoms with Crippen molar-refractivity contribution in [3.05, 3.63) is 42.6 Å². The molecular formula is C19H20N4O2S. The molecule has 0 aliphatic carbocycles. The second kappa shape index (κ2) is 6.74. The lowest BCUT2D eigenvalue weighted by Crippen LogP contribution is -2.50. The van der Waals surface area contributed by atoms with Crippen LogP contribution in [0.15, 0.2) is 42.6 Å². The van der Waals surface area contributed by atoms with E-state index < -0.39 is 0 Å². The largest absolute Gasteiger partial charge is 0.486 e.